The lowest BCUT2D eigenvalue weighted by Crippen LogP contribution is -2.56. The van der Waals surface area contributed by atoms with Gasteiger partial charge in [-0.3, -0.25) is 9.78 Å². The SMILES string of the molecule is O=C(Cc1ccc(F)cc1)N1CC(Oc2cccnc2)C1. The van der Waals surface area contributed by atoms with Gasteiger partial charge in [-0.2, -0.15) is 0 Å². The number of halogens is 1. The predicted molar refractivity (Wildman–Crippen MR) is 75.3 cm³/mol. The van der Waals surface area contributed by atoms with Gasteiger partial charge < -0.3 is 9.64 Å². The predicted octanol–water partition coefficient (Wildman–Crippen LogP) is 2.05. The van der Waals surface area contributed by atoms with E-state index in [-0.39, 0.29) is 17.8 Å². The Morgan fingerprint density at radius 2 is 2.05 bits per heavy atom. The number of carbonyl (C=O) groups is 1. The van der Waals surface area contributed by atoms with Gasteiger partial charge in [0, 0.05) is 6.20 Å². The molecule has 0 aliphatic carbocycles. The molecule has 0 atom stereocenters. The molecule has 1 amide bonds. The Bertz CT molecular complexity index is 610. The van der Waals surface area contributed by atoms with E-state index in [1.807, 2.05) is 12.1 Å². The minimum Gasteiger partial charge on any atom is -0.485 e. The highest BCUT2D eigenvalue weighted by atomic mass is 19.1. The number of hydrogen-bond acceptors (Lipinski definition) is 3. The molecule has 1 aliphatic heterocycles. The molecule has 108 valence electrons. The number of amides is 1. The van der Waals surface area contributed by atoms with Crippen molar-refractivity contribution in [3.63, 3.8) is 0 Å². The third-order valence-corrected chi connectivity index (χ3v) is 3.41. The van der Waals surface area contributed by atoms with E-state index >= 15 is 0 Å². The first-order chi connectivity index (χ1) is 10.2. The third-order valence-electron chi connectivity index (χ3n) is 3.41. The van der Waals surface area contributed by atoms with E-state index in [0.717, 1.165) is 5.56 Å². The zero-order valence-electron chi connectivity index (χ0n) is 11.4. The van der Waals surface area contributed by atoms with Crippen molar-refractivity contribution in [3.8, 4) is 5.75 Å². The summed E-state index contributed by atoms with van der Waals surface area (Å²) in [4.78, 5) is 17.8. The molecule has 1 fully saturated rings. The molecule has 0 spiro atoms. The average molecular weight is 286 g/mol. The summed E-state index contributed by atoms with van der Waals surface area (Å²) in [5.74, 6) is 0.459. The van der Waals surface area contributed by atoms with Gasteiger partial charge in [0.25, 0.3) is 0 Å². The number of pyridine rings is 1. The first-order valence-corrected chi connectivity index (χ1v) is 6.79. The number of aromatic nitrogens is 1. The van der Waals surface area contributed by atoms with Crippen molar-refractivity contribution in [1.29, 1.82) is 0 Å². The molecule has 4 nitrogen and oxygen atoms in total. The van der Waals surface area contributed by atoms with Gasteiger partial charge in [-0.15, -0.1) is 0 Å². The molecule has 21 heavy (non-hydrogen) atoms. The van der Waals surface area contributed by atoms with E-state index in [2.05, 4.69) is 4.98 Å². The minimum absolute atomic E-state index is 0.0198. The second kappa shape index (κ2) is 5.91. The van der Waals surface area contributed by atoms with Gasteiger partial charge in [-0.25, -0.2) is 4.39 Å². The second-order valence-electron chi connectivity index (χ2n) is 5.03. The van der Waals surface area contributed by atoms with Crippen LogP contribution in [0, 0.1) is 5.82 Å². The fraction of sp³-hybridized carbons (Fsp3) is 0.250. The summed E-state index contributed by atoms with van der Waals surface area (Å²) in [5.41, 5.74) is 0.818. The van der Waals surface area contributed by atoms with Crippen LogP contribution >= 0.6 is 0 Å². The van der Waals surface area contributed by atoms with Crippen molar-refractivity contribution in [2.45, 2.75) is 12.5 Å². The highest BCUT2D eigenvalue weighted by molar-refractivity contribution is 5.79. The van der Waals surface area contributed by atoms with Crippen LogP contribution in [0.5, 0.6) is 5.75 Å². The van der Waals surface area contributed by atoms with Gasteiger partial charge in [-0.05, 0) is 29.8 Å². The van der Waals surface area contributed by atoms with Crippen molar-refractivity contribution >= 4 is 5.91 Å². The standard InChI is InChI=1S/C16H15FN2O2/c17-13-5-3-12(4-6-13)8-16(20)19-10-15(11-19)21-14-2-1-7-18-9-14/h1-7,9,15H,8,10-11H2. The summed E-state index contributed by atoms with van der Waals surface area (Å²) in [6, 6.07) is 9.66. The zero-order valence-corrected chi connectivity index (χ0v) is 11.4. The van der Waals surface area contributed by atoms with Crippen LogP contribution < -0.4 is 4.74 Å². The Morgan fingerprint density at radius 1 is 1.29 bits per heavy atom. The van der Waals surface area contributed by atoms with Crippen molar-refractivity contribution in [2.24, 2.45) is 0 Å². The fourth-order valence-corrected chi connectivity index (χ4v) is 2.21. The van der Waals surface area contributed by atoms with Crippen molar-refractivity contribution in [3.05, 3.63) is 60.2 Å². The normalized spacial score (nSPS) is 14.6. The molecule has 1 saturated heterocycles. The van der Waals surface area contributed by atoms with Crippen LogP contribution in [0.2, 0.25) is 0 Å². The largest absolute Gasteiger partial charge is 0.485 e. The lowest BCUT2D eigenvalue weighted by Gasteiger charge is -2.39. The molecule has 0 unspecified atom stereocenters. The number of ether oxygens (including phenoxy) is 1. The monoisotopic (exact) mass is 286 g/mol. The Kier molecular flexibility index (Phi) is 3.81. The van der Waals surface area contributed by atoms with Gasteiger partial charge in [-0.1, -0.05) is 12.1 Å². The number of nitrogens with zero attached hydrogens (tertiary/aromatic N) is 2. The Morgan fingerprint density at radius 3 is 2.71 bits per heavy atom. The fourth-order valence-electron chi connectivity index (χ4n) is 2.21. The molecule has 1 aliphatic rings. The molecule has 3 rings (SSSR count). The quantitative estimate of drug-likeness (QED) is 0.864. The van der Waals surface area contributed by atoms with Crippen LogP contribution in [0.15, 0.2) is 48.8 Å². The van der Waals surface area contributed by atoms with Gasteiger partial charge in [0.2, 0.25) is 5.91 Å². The highest BCUT2D eigenvalue weighted by Crippen LogP contribution is 2.18. The maximum Gasteiger partial charge on any atom is 0.227 e. The molecule has 2 heterocycles. The minimum atomic E-state index is -0.292. The molecule has 1 aromatic carbocycles. The van der Waals surface area contributed by atoms with E-state index in [0.29, 0.717) is 25.3 Å². The summed E-state index contributed by atoms with van der Waals surface area (Å²) in [6.07, 6.45) is 3.65. The summed E-state index contributed by atoms with van der Waals surface area (Å²) >= 11 is 0. The van der Waals surface area contributed by atoms with Crippen LogP contribution in [-0.4, -0.2) is 35.0 Å². The summed E-state index contributed by atoms with van der Waals surface area (Å²) in [7, 11) is 0. The van der Waals surface area contributed by atoms with Crippen LogP contribution in [0.1, 0.15) is 5.56 Å². The van der Waals surface area contributed by atoms with Gasteiger partial charge in [0.15, 0.2) is 0 Å². The van der Waals surface area contributed by atoms with Crippen LogP contribution in [-0.2, 0) is 11.2 Å². The zero-order chi connectivity index (χ0) is 14.7. The smallest absolute Gasteiger partial charge is 0.227 e. The Labute approximate surface area is 122 Å². The number of rotatable bonds is 4. The highest BCUT2D eigenvalue weighted by Gasteiger charge is 2.32. The van der Waals surface area contributed by atoms with E-state index < -0.39 is 0 Å². The molecule has 2 aromatic rings. The van der Waals surface area contributed by atoms with Crippen molar-refractivity contribution in [1.82, 2.24) is 9.88 Å². The second-order valence-corrected chi connectivity index (χ2v) is 5.03. The lowest BCUT2D eigenvalue weighted by molar-refractivity contribution is -0.139. The summed E-state index contributed by atoms with van der Waals surface area (Å²) in [6.45, 7) is 1.16. The molecular formula is C16H15FN2O2. The van der Waals surface area contributed by atoms with E-state index in [9.17, 15) is 9.18 Å². The van der Waals surface area contributed by atoms with Gasteiger partial charge in [0.05, 0.1) is 25.7 Å². The topological polar surface area (TPSA) is 42.4 Å². The maximum atomic E-state index is 12.8. The Balaban J connectivity index is 1.47. The van der Waals surface area contributed by atoms with E-state index in [4.69, 9.17) is 4.74 Å². The summed E-state index contributed by atoms with van der Waals surface area (Å²) < 4.78 is 18.5. The molecular weight excluding hydrogens is 271 g/mol. The number of benzene rings is 1. The van der Waals surface area contributed by atoms with E-state index in [1.54, 1.807) is 29.4 Å². The molecule has 0 N–H and O–H groups in total. The molecule has 0 saturated carbocycles. The number of hydrogen-bond donors (Lipinski definition) is 0. The molecule has 1 aromatic heterocycles. The summed E-state index contributed by atoms with van der Waals surface area (Å²) in [5, 5.41) is 0. The average Bonchev–Trinajstić information content (AvgIpc) is 2.46. The lowest BCUT2D eigenvalue weighted by atomic mass is 10.1. The van der Waals surface area contributed by atoms with Crippen LogP contribution in [0.25, 0.3) is 0 Å². The Hall–Kier alpha value is -2.43. The van der Waals surface area contributed by atoms with Gasteiger partial charge in [0.1, 0.15) is 17.7 Å². The molecule has 5 heteroatoms. The van der Waals surface area contributed by atoms with Crippen molar-refractivity contribution < 1.29 is 13.9 Å². The number of carbonyl (C=O) groups excluding carboxylic acids is 1. The molecule has 0 radical (unpaired) electrons. The first-order valence-electron chi connectivity index (χ1n) is 6.79. The number of likely N-dealkylation sites (tertiary alicyclic amines) is 1. The van der Waals surface area contributed by atoms with Crippen LogP contribution in [0.3, 0.4) is 0 Å². The maximum absolute atomic E-state index is 12.8. The van der Waals surface area contributed by atoms with E-state index in [1.165, 1.54) is 12.1 Å². The molecule has 0 bridgehead atoms. The van der Waals surface area contributed by atoms with Gasteiger partial charge >= 0.3 is 0 Å². The third kappa shape index (κ3) is 3.37. The van der Waals surface area contributed by atoms with Crippen LogP contribution in [0.4, 0.5) is 4.39 Å². The first kappa shape index (κ1) is 13.5. The van der Waals surface area contributed by atoms with Crippen molar-refractivity contribution in [2.75, 3.05) is 13.1 Å².